The van der Waals surface area contributed by atoms with E-state index < -0.39 is 0 Å². The first kappa shape index (κ1) is 33.1. The number of nitrogens with zero attached hydrogens (tertiary/aromatic N) is 1. The number of likely N-dealkylation sites (tertiary alicyclic amines) is 1. The van der Waals surface area contributed by atoms with Crippen LogP contribution in [0.3, 0.4) is 0 Å². The SMILES string of the molecule is CC1(C)c2ccccc2-c2ccc(-c3cc(F)ccc3O)cc21.CC1=[C-]c2ccccc2C1N1CCCC1.[Cl-].[Cl-].[Ti+3]. The summed E-state index contributed by atoms with van der Waals surface area (Å²) in [5, 5.41) is 10.1. The van der Waals surface area contributed by atoms with E-state index in [1.54, 1.807) is 0 Å². The minimum Gasteiger partial charge on any atom is -1.00 e. The van der Waals surface area contributed by atoms with Crippen LogP contribution in [0.1, 0.15) is 61.9 Å². The van der Waals surface area contributed by atoms with Gasteiger partial charge in [-0.05, 0) is 78.0 Å². The average molecular weight is 621 g/mol. The predicted molar refractivity (Wildman–Crippen MR) is 153 cm³/mol. The summed E-state index contributed by atoms with van der Waals surface area (Å²) in [6, 6.07) is 27.8. The minimum absolute atomic E-state index is 0. The van der Waals surface area contributed by atoms with Crippen molar-refractivity contribution in [3.8, 4) is 28.0 Å². The number of hydrogen-bond acceptors (Lipinski definition) is 2. The van der Waals surface area contributed by atoms with Crippen molar-refractivity contribution >= 4 is 0 Å². The largest absolute Gasteiger partial charge is 3.00 e. The molecule has 4 aromatic rings. The van der Waals surface area contributed by atoms with Crippen molar-refractivity contribution in [1.29, 1.82) is 0 Å². The van der Waals surface area contributed by atoms with E-state index in [1.807, 2.05) is 6.07 Å². The molecular formula is C35H33Cl2FNOTi. The van der Waals surface area contributed by atoms with Gasteiger partial charge in [-0.15, -0.1) is 23.3 Å². The van der Waals surface area contributed by atoms with Gasteiger partial charge in [0.05, 0.1) is 0 Å². The summed E-state index contributed by atoms with van der Waals surface area (Å²) in [7, 11) is 0. The van der Waals surface area contributed by atoms with Gasteiger partial charge < -0.3 is 34.8 Å². The molecule has 1 heterocycles. The molecule has 0 bridgehead atoms. The molecule has 41 heavy (non-hydrogen) atoms. The zero-order valence-electron chi connectivity index (χ0n) is 23.5. The van der Waals surface area contributed by atoms with E-state index in [4.69, 9.17) is 0 Å². The van der Waals surface area contributed by atoms with Crippen LogP contribution in [-0.4, -0.2) is 23.1 Å². The second-order valence-electron chi connectivity index (χ2n) is 11.1. The molecule has 209 valence electrons. The van der Waals surface area contributed by atoms with Crippen LogP contribution < -0.4 is 24.8 Å². The Morgan fingerprint density at radius 1 is 0.805 bits per heavy atom. The Morgan fingerprint density at radius 2 is 1.46 bits per heavy atom. The maximum atomic E-state index is 13.6. The molecule has 1 aliphatic heterocycles. The van der Waals surface area contributed by atoms with Gasteiger partial charge in [0.25, 0.3) is 0 Å². The fourth-order valence-corrected chi connectivity index (χ4v) is 6.44. The number of benzene rings is 4. The average Bonchev–Trinajstić information content (AvgIpc) is 3.61. The van der Waals surface area contributed by atoms with Crippen molar-refractivity contribution in [3.05, 3.63) is 125 Å². The van der Waals surface area contributed by atoms with Crippen LogP contribution in [0, 0.1) is 11.9 Å². The molecule has 1 atom stereocenters. The molecule has 3 aliphatic rings. The van der Waals surface area contributed by atoms with E-state index in [2.05, 4.69) is 92.4 Å². The summed E-state index contributed by atoms with van der Waals surface area (Å²) >= 11 is 0. The van der Waals surface area contributed by atoms with Crippen LogP contribution in [-0.2, 0) is 27.1 Å². The van der Waals surface area contributed by atoms with Gasteiger partial charge in [0.1, 0.15) is 11.6 Å². The summed E-state index contributed by atoms with van der Waals surface area (Å²) in [5.74, 6) is -0.250. The van der Waals surface area contributed by atoms with Crippen LogP contribution in [0.4, 0.5) is 4.39 Å². The Balaban J connectivity index is 0.000000226. The Labute approximate surface area is 270 Å². The predicted octanol–water partition coefficient (Wildman–Crippen LogP) is 2.44. The van der Waals surface area contributed by atoms with E-state index in [9.17, 15) is 9.50 Å². The van der Waals surface area contributed by atoms with Crippen molar-refractivity contribution in [3.63, 3.8) is 0 Å². The van der Waals surface area contributed by atoms with Crippen molar-refractivity contribution in [2.45, 2.75) is 45.1 Å². The molecule has 6 heteroatoms. The standard InChI is InChI=1S/C21H17FO.C14H16N.2ClH.Ti/c1-21(2)18-6-4-3-5-15(18)16-9-7-13(11-19(16)21)17-12-14(22)8-10-20(17)23;1-11-10-12-6-2-3-7-13(12)14(11)15-8-4-5-9-15;;;/h3-12,23H,1-2H3;2-3,6-7,14H,4-5,8-9H2,1H3;2*1H;/q;-1;;;+3/p-2. The van der Waals surface area contributed by atoms with Crippen molar-refractivity contribution in [2.24, 2.45) is 0 Å². The zero-order valence-corrected chi connectivity index (χ0v) is 26.6. The van der Waals surface area contributed by atoms with Crippen LogP contribution in [0.5, 0.6) is 5.75 Å². The number of halogens is 3. The zero-order chi connectivity index (χ0) is 26.4. The molecule has 7 rings (SSSR count). The van der Waals surface area contributed by atoms with Gasteiger partial charge in [-0.25, -0.2) is 4.39 Å². The smallest absolute Gasteiger partial charge is 1.00 e. The first-order chi connectivity index (χ1) is 18.3. The van der Waals surface area contributed by atoms with E-state index in [-0.39, 0.29) is 63.5 Å². The fourth-order valence-electron chi connectivity index (χ4n) is 6.44. The van der Waals surface area contributed by atoms with Crippen LogP contribution in [0.2, 0.25) is 0 Å². The van der Waals surface area contributed by atoms with Crippen LogP contribution in [0.15, 0.2) is 90.5 Å². The Hall–Kier alpha value is -2.40. The third-order valence-corrected chi connectivity index (χ3v) is 8.36. The normalized spacial score (nSPS) is 17.4. The first-order valence-corrected chi connectivity index (χ1v) is 13.5. The summed E-state index contributed by atoms with van der Waals surface area (Å²) in [6.07, 6.45) is 6.21. The summed E-state index contributed by atoms with van der Waals surface area (Å²) in [6.45, 7) is 9.11. The molecule has 0 saturated carbocycles. The number of rotatable bonds is 2. The minimum atomic E-state index is -0.346. The fraction of sp³-hybridized carbons (Fsp3) is 0.257. The number of fused-ring (bicyclic) bond motifs is 4. The van der Waals surface area contributed by atoms with Gasteiger partial charge >= 0.3 is 21.7 Å². The third-order valence-electron chi connectivity index (χ3n) is 8.36. The molecule has 2 nitrogen and oxygen atoms in total. The number of phenols is 1. The van der Waals surface area contributed by atoms with Gasteiger partial charge in [-0.3, -0.25) is 0 Å². The van der Waals surface area contributed by atoms with Gasteiger partial charge in [0.2, 0.25) is 0 Å². The molecule has 1 unspecified atom stereocenters. The topological polar surface area (TPSA) is 23.5 Å². The molecular weight excluding hydrogens is 588 g/mol. The van der Waals surface area contributed by atoms with Crippen molar-refractivity contribution < 1.29 is 56.0 Å². The Kier molecular flexibility index (Phi) is 10.7. The van der Waals surface area contributed by atoms with E-state index in [0.717, 1.165) is 5.56 Å². The molecule has 1 fully saturated rings. The molecule has 4 aromatic carbocycles. The number of aromatic hydroxyl groups is 1. The molecule has 0 spiro atoms. The maximum Gasteiger partial charge on any atom is 3.00 e. The van der Waals surface area contributed by atoms with E-state index in [1.165, 1.54) is 83.1 Å². The van der Waals surface area contributed by atoms with Crippen LogP contribution >= 0.6 is 0 Å². The molecule has 1 radical (unpaired) electrons. The summed E-state index contributed by atoms with van der Waals surface area (Å²) < 4.78 is 13.6. The summed E-state index contributed by atoms with van der Waals surface area (Å²) in [4.78, 5) is 2.59. The molecule has 0 amide bonds. The Bertz CT molecular complexity index is 1560. The molecule has 0 aromatic heterocycles. The molecule has 2 aliphatic carbocycles. The van der Waals surface area contributed by atoms with Crippen molar-refractivity contribution in [2.75, 3.05) is 13.1 Å². The third kappa shape index (κ3) is 6.07. The molecule has 1 saturated heterocycles. The second-order valence-corrected chi connectivity index (χ2v) is 11.1. The monoisotopic (exact) mass is 620 g/mol. The van der Waals surface area contributed by atoms with Gasteiger partial charge in [0.15, 0.2) is 0 Å². The quantitative estimate of drug-likeness (QED) is 0.275. The Morgan fingerprint density at radius 3 is 2.22 bits per heavy atom. The van der Waals surface area contributed by atoms with Gasteiger partial charge in [-0.2, -0.15) is 17.7 Å². The second kappa shape index (κ2) is 13.3. The van der Waals surface area contributed by atoms with E-state index >= 15 is 0 Å². The van der Waals surface area contributed by atoms with E-state index in [0.29, 0.717) is 11.6 Å². The maximum absolute atomic E-state index is 13.6. The number of phenolic OH excluding ortho intramolecular Hbond substituents is 1. The molecule has 1 N–H and O–H groups in total. The van der Waals surface area contributed by atoms with Gasteiger partial charge in [0, 0.05) is 17.0 Å². The van der Waals surface area contributed by atoms with Gasteiger partial charge in [-0.1, -0.05) is 63.2 Å². The first-order valence-electron chi connectivity index (χ1n) is 13.5. The van der Waals surface area contributed by atoms with Crippen LogP contribution in [0.25, 0.3) is 22.3 Å². The number of hydrogen-bond donors (Lipinski definition) is 1. The summed E-state index contributed by atoms with van der Waals surface area (Å²) in [5.41, 5.74) is 10.4. The van der Waals surface area contributed by atoms with Crippen molar-refractivity contribution in [1.82, 2.24) is 4.90 Å².